The summed E-state index contributed by atoms with van der Waals surface area (Å²) in [6.45, 7) is 2.70. The summed E-state index contributed by atoms with van der Waals surface area (Å²) in [6.07, 6.45) is 3.56. The maximum atomic E-state index is 14.0. The van der Waals surface area contributed by atoms with Crippen LogP contribution in [0.5, 0.6) is 5.75 Å². The monoisotopic (exact) mass is 388 g/mol. The van der Waals surface area contributed by atoms with E-state index in [0.717, 1.165) is 32.4 Å². The zero-order valence-electron chi connectivity index (χ0n) is 15.5. The largest absolute Gasteiger partial charge is 0.494 e. The van der Waals surface area contributed by atoms with Gasteiger partial charge in [0.05, 0.1) is 13.5 Å². The van der Waals surface area contributed by atoms with Gasteiger partial charge in [-0.2, -0.15) is 11.3 Å². The molecule has 1 saturated carbocycles. The van der Waals surface area contributed by atoms with E-state index in [1.807, 2.05) is 10.3 Å². The van der Waals surface area contributed by atoms with Crippen molar-refractivity contribution in [1.29, 1.82) is 0 Å². The Hall–Kier alpha value is -1.92. The second-order valence-corrected chi connectivity index (χ2v) is 8.41. The molecule has 4 rings (SSSR count). The molecule has 144 valence electrons. The molecule has 1 N–H and O–H groups in total. The van der Waals surface area contributed by atoms with Gasteiger partial charge in [0.2, 0.25) is 5.91 Å². The fourth-order valence-electron chi connectivity index (χ4n) is 4.28. The van der Waals surface area contributed by atoms with Crippen LogP contribution < -0.4 is 10.1 Å². The van der Waals surface area contributed by atoms with Crippen molar-refractivity contribution in [2.75, 3.05) is 20.2 Å². The fourth-order valence-corrected chi connectivity index (χ4v) is 4.94. The standard InChI is InChI=1S/C21H25FN2O2S/c1-26-18-3-2-15(10-17(18)22)11-20(25)24(13-16-4-9-27-14-16)19-12-21(19)5-7-23-8-6-21/h2-4,9-10,14,19,23H,5-8,11-13H2,1H3. The van der Waals surface area contributed by atoms with Crippen LogP contribution in [0.3, 0.4) is 0 Å². The number of rotatable bonds is 6. The first-order valence-corrected chi connectivity index (χ1v) is 10.4. The molecule has 1 aliphatic heterocycles. The number of methoxy groups -OCH3 is 1. The number of carbonyl (C=O) groups excluding carboxylic acids is 1. The molecule has 2 fully saturated rings. The zero-order chi connectivity index (χ0) is 18.9. The maximum absolute atomic E-state index is 14.0. The third-order valence-corrected chi connectivity index (χ3v) is 6.68. The Labute approximate surface area is 163 Å². The third-order valence-electron chi connectivity index (χ3n) is 5.95. The molecule has 1 aromatic heterocycles. The maximum Gasteiger partial charge on any atom is 0.227 e. The molecule has 1 saturated heterocycles. The highest BCUT2D eigenvalue weighted by Gasteiger charge is 2.57. The highest BCUT2D eigenvalue weighted by molar-refractivity contribution is 7.07. The molecule has 2 aromatic rings. The van der Waals surface area contributed by atoms with Gasteiger partial charge in [0.25, 0.3) is 0 Å². The summed E-state index contributed by atoms with van der Waals surface area (Å²) in [5, 5.41) is 7.56. The quantitative estimate of drug-likeness (QED) is 0.822. The molecule has 1 unspecified atom stereocenters. The predicted molar refractivity (Wildman–Crippen MR) is 104 cm³/mol. The van der Waals surface area contributed by atoms with Gasteiger partial charge >= 0.3 is 0 Å². The van der Waals surface area contributed by atoms with Crippen LogP contribution in [0.25, 0.3) is 0 Å². The Bertz CT molecular complexity index is 803. The van der Waals surface area contributed by atoms with Gasteiger partial charge in [-0.15, -0.1) is 0 Å². The molecule has 1 aliphatic carbocycles. The number of hydrogen-bond donors (Lipinski definition) is 1. The predicted octanol–water partition coefficient (Wildman–Crippen LogP) is 3.61. The molecule has 1 atom stereocenters. The first-order chi connectivity index (χ1) is 13.1. The second-order valence-electron chi connectivity index (χ2n) is 7.63. The molecule has 0 radical (unpaired) electrons. The zero-order valence-corrected chi connectivity index (χ0v) is 16.4. The van der Waals surface area contributed by atoms with Crippen molar-refractivity contribution in [2.45, 2.75) is 38.3 Å². The summed E-state index contributed by atoms with van der Waals surface area (Å²) in [7, 11) is 1.44. The number of hydrogen-bond acceptors (Lipinski definition) is 4. The first kappa shape index (κ1) is 18.4. The molecule has 4 nitrogen and oxygen atoms in total. The Morgan fingerprint density at radius 1 is 1.33 bits per heavy atom. The van der Waals surface area contributed by atoms with Crippen LogP contribution in [0.1, 0.15) is 30.4 Å². The van der Waals surface area contributed by atoms with Crippen LogP contribution in [0, 0.1) is 11.2 Å². The van der Waals surface area contributed by atoms with Crippen molar-refractivity contribution in [1.82, 2.24) is 10.2 Å². The molecular formula is C21H25FN2O2S. The van der Waals surface area contributed by atoms with Crippen LogP contribution >= 0.6 is 11.3 Å². The van der Waals surface area contributed by atoms with Crippen molar-refractivity contribution in [2.24, 2.45) is 5.41 Å². The molecule has 6 heteroatoms. The highest BCUT2D eigenvalue weighted by Crippen LogP contribution is 2.56. The molecular weight excluding hydrogens is 363 g/mol. The van der Waals surface area contributed by atoms with Crippen molar-refractivity contribution in [3.8, 4) is 5.75 Å². The van der Waals surface area contributed by atoms with Gasteiger partial charge in [0.1, 0.15) is 0 Å². The number of ether oxygens (including phenoxy) is 1. The summed E-state index contributed by atoms with van der Waals surface area (Å²) < 4.78 is 19.0. The number of piperidine rings is 1. The van der Waals surface area contributed by atoms with Crippen LogP contribution in [0.2, 0.25) is 0 Å². The second kappa shape index (κ2) is 7.60. The molecule has 1 amide bonds. The number of nitrogens with one attached hydrogen (secondary N) is 1. The average Bonchev–Trinajstić information content (AvgIpc) is 3.10. The van der Waals surface area contributed by atoms with Crippen molar-refractivity contribution in [3.05, 3.63) is 52.0 Å². The summed E-state index contributed by atoms with van der Waals surface area (Å²) in [4.78, 5) is 15.2. The normalized spacial score (nSPS) is 20.4. The third kappa shape index (κ3) is 3.87. The lowest BCUT2D eigenvalue weighted by Crippen LogP contribution is -2.39. The molecule has 2 aliphatic rings. The number of thiophene rings is 1. The van der Waals surface area contributed by atoms with Gasteiger partial charge in [0, 0.05) is 12.6 Å². The van der Waals surface area contributed by atoms with E-state index in [4.69, 9.17) is 4.74 Å². The molecule has 1 aromatic carbocycles. The van der Waals surface area contributed by atoms with Gasteiger partial charge in [-0.05, 0) is 77.9 Å². The Kier molecular flexibility index (Phi) is 5.19. The van der Waals surface area contributed by atoms with Crippen molar-refractivity contribution < 1.29 is 13.9 Å². The van der Waals surface area contributed by atoms with Gasteiger partial charge in [-0.3, -0.25) is 4.79 Å². The summed E-state index contributed by atoms with van der Waals surface area (Å²) in [6, 6.07) is 7.15. The minimum atomic E-state index is -0.423. The lowest BCUT2D eigenvalue weighted by atomic mass is 9.93. The number of nitrogens with zero attached hydrogens (tertiary/aromatic N) is 1. The molecule has 0 bridgehead atoms. The van der Waals surface area contributed by atoms with Crippen LogP contribution in [-0.2, 0) is 17.8 Å². The summed E-state index contributed by atoms with van der Waals surface area (Å²) in [5.41, 5.74) is 2.14. The smallest absolute Gasteiger partial charge is 0.227 e. The number of halogens is 1. The average molecular weight is 389 g/mol. The van der Waals surface area contributed by atoms with E-state index in [9.17, 15) is 9.18 Å². The number of amides is 1. The van der Waals surface area contributed by atoms with E-state index < -0.39 is 5.82 Å². The first-order valence-electron chi connectivity index (χ1n) is 9.45. The van der Waals surface area contributed by atoms with Crippen LogP contribution in [0.4, 0.5) is 4.39 Å². The Morgan fingerprint density at radius 3 is 2.81 bits per heavy atom. The Morgan fingerprint density at radius 2 is 2.15 bits per heavy atom. The highest BCUT2D eigenvalue weighted by atomic mass is 32.1. The van der Waals surface area contributed by atoms with E-state index >= 15 is 0 Å². The van der Waals surface area contributed by atoms with Gasteiger partial charge in [-0.1, -0.05) is 6.07 Å². The summed E-state index contributed by atoms with van der Waals surface area (Å²) in [5.74, 6) is -0.142. The van der Waals surface area contributed by atoms with E-state index in [1.165, 1.54) is 18.7 Å². The Balaban J connectivity index is 1.51. The SMILES string of the molecule is COc1ccc(CC(=O)N(Cc2ccsc2)C2CC23CCNCC3)cc1F. The molecule has 27 heavy (non-hydrogen) atoms. The van der Waals surface area contributed by atoms with Gasteiger partial charge in [-0.25, -0.2) is 4.39 Å². The van der Waals surface area contributed by atoms with Crippen LogP contribution in [-0.4, -0.2) is 37.0 Å². The topological polar surface area (TPSA) is 41.6 Å². The van der Waals surface area contributed by atoms with Crippen LogP contribution in [0.15, 0.2) is 35.0 Å². The minimum Gasteiger partial charge on any atom is -0.494 e. The number of carbonyl (C=O) groups is 1. The molecule has 2 heterocycles. The van der Waals surface area contributed by atoms with E-state index in [-0.39, 0.29) is 23.5 Å². The summed E-state index contributed by atoms with van der Waals surface area (Å²) >= 11 is 1.65. The lowest BCUT2D eigenvalue weighted by molar-refractivity contribution is -0.132. The van der Waals surface area contributed by atoms with E-state index in [2.05, 4.69) is 16.8 Å². The number of benzene rings is 1. The van der Waals surface area contributed by atoms with Crippen molar-refractivity contribution in [3.63, 3.8) is 0 Å². The fraction of sp³-hybridized carbons (Fsp3) is 0.476. The minimum absolute atomic E-state index is 0.0752. The van der Waals surface area contributed by atoms with Crippen molar-refractivity contribution >= 4 is 17.2 Å². The molecule has 1 spiro atoms. The van der Waals surface area contributed by atoms with E-state index in [0.29, 0.717) is 18.2 Å². The van der Waals surface area contributed by atoms with Gasteiger partial charge in [0.15, 0.2) is 11.6 Å². The lowest BCUT2D eigenvalue weighted by Gasteiger charge is -2.29. The van der Waals surface area contributed by atoms with E-state index in [1.54, 1.807) is 23.5 Å². The van der Waals surface area contributed by atoms with Gasteiger partial charge < -0.3 is 15.0 Å².